The Bertz CT molecular complexity index is 877. The van der Waals surface area contributed by atoms with Crippen LogP contribution in [0.4, 0.5) is 0 Å². The van der Waals surface area contributed by atoms with Crippen LogP contribution in [0.15, 0.2) is 42.5 Å². The monoisotopic (exact) mass is 408 g/mol. The Morgan fingerprint density at radius 2 is 1.67 bits per heavy atom. The number of nitrogens with zero attached hydrogens (tertiary/aromatic N) is 1. The molecule has 1 fully saturated rings. The van der Waals surface area contributed by atoms with Gasteiger partial charge in [0.15, 0.2) is 11.5 Å². The molecule has 5 heteroatoms. The first-order valence-electron chi connectivity index (χ1n) is 11.0. The van der Waals surface area contributed by atoms with Gasteiger partial charge < -0.3 is 9.47 Å². The maximum Gasteiger partial charge on any atom is 0.265 e. The fourth-order valence-corrected chi connectivity index (χ4v) is 5.11. The number of benzene rings is 2. The summed E-state index contributed by atoms with van der Waals surface area (Å²) in [5, 5.41) is 2.21. The van der Waals surface area contributed by atoms with E-state index in [2.05, 4.69) is 29.5 Å². The van der Waals surface area contributed by atoms with Crippen molar-refractivity contribution >= 4 is 5.91 Å². The predicted molar refractivity (Wildman–Crippen MR) is 118 cm³/mol. The van der Waals surface area contributed by atoms with Crippen LogP contribution in [-0.2, 0) is 6.42 Å². The van der Waals surface area contributed by atoms with E-state index in [0.717, 1.165) is 17.9 Å². The van der Waals surface area contributed by atoms with Gasteiger partial charge in [-0.15, -0.1) is 0 Å². The molecule has 0 saturated heterocycles. The van der Waals surface area contributed by atoms with Gasteiger partial charge >= 0.3 is 0 Å². The maximum atomic E-state index is 13.0. The lowest BCUT2D eigenvalue weighted by molar-refractivity contribution is 0.0177. The molecule has 160 valence electrons. The number of hydrogen-bond acceptors (Lipinski definition) is 4. The molecule has 2 aliphatic rings. The molecule has 1 aliphatic heterocycles. The molecule has 1 saturated carbocycles. The summed E-state index contributed by atoms with van der Waals surface area (Å²) < 4.78 is 11.2. The number of hydrazine groups is 1. The zero-order valence-electron chi connectivity index (χ0n) is 18.2. The molecule has 2 aromatic carbocycles. The molecule has 0 aromatic heterocycles. The van der Waals surface area contributed by atoms with Gasteiger partial charge in [0.05, 0.1) is 20.3 Å². The zero-order valence-corrected chi connectivity index (χ0v) is 18.2. The van der Waals surface area contributed by atoms with Crippen LogP contribution < -0.4 is 14.9 Å². The molecule has 2 aromatic rings. The van der Waals surface area contributed by atoms with Crippen molar-refractivity contribution < 1.29 is 14.3 Å². The van der Waals surface area contributed by atoms with Crippen molar-refractivity contribution in [2.45, 2.75) is 57.5 Å². The topological polar surface area (TPSA) is 50.8 Å². The van der Waals surface area contributed by atoms with Gasteiger partial charge in [0.1, 0.15) is 0 Å². The molecule has 2 atom stereocenters. The van der Waals surface area contributed by atoms with E-state index in [9.17, 15) is 4.79 Å². The van der Waals surface area contributed by atoms with E-state index >= 15 is 0 Å². The van der Waals surface area contributed by atoms with Crippen molar-refractivity contribution in [1.82, 2.24) is 10.4 Å². The highest BCUT2D eigenvalue weighted by atomic mass is 16.5. The van der Waals surface area contributed by atoms with Crippen LogP contribution in [0.1, 0.15) is 66.6 Å². The Labute approximate surface area is 179 Å². The second-order valence-corrected chi connectivity index (χ2v) is 8.52. The first kappa shape index (κ1) is 20.7. The van der Waals surface area contributed by atoms with E-state index in [0.29, 0.717) is 11.5 Å². The third kappa shape index (κ3) is 4.04. The summed E-state index contributed by atoms with van der Waals surface area (Å²) in [5.41, 5.74) is 6.50. The number of methoxy groups -OCH3 is 2. The Morgan fingerprint density at radius 3 is 2.33 bits per heavy atom. The van der Waals surface area contributed by atoms with E-state index in [-0.39, 0.29) is 18.0 Å². The van der Waals surface area contributed by atoms with Gasteiger partial charge in [0.25, 0.3) is 5.91 Å². The summed E-state index contributed by atoms with van der Waals surface area (Å²) >= 11 is 0. The van der Waals surface area contributed by atoms with Crippen molar-refractivity contribution in [3.63, 3.8) is 0 Å². The average Bonchev–Trinajstić information content (AvgIpc) is 2.79. The number of nitrogens with one attached hydrogen (secondary N) is 1. The normalized spacial score (nSPS) is 22.2. The quantitative estimate of drug-likeness (QED) is 0.763. The third-order valence-electron chi connectivity index (χ3n) is 6.62. The minimum absolute atomic E-state index is 0.0489. The SMILES string of the molecule is COc1cc2c(cc1OC)C(C1CCCCC1)N(NC(=O)c1ccccc1)C(C)C2. The van der Waals surface area contributed by atoms with Crippen LogP contribution in [0.5, 0.6) is 11.5 Å². The second kappa shape index (κ2) is 9.09. The number of amides is 1. The standard InChI is InChI=1S/C25H32N2O3/c1-17-14-20-15-22(29-2)23(30-3)16-21(20)24(18-10-6-4-7-11-18)27(17)26-25(28)19-12-8-5-9-13-19/h5,8-9,12-13,15-18,24H,4,6-7,10-11,14H2,1-3H3,(H,26,28). The van der Waals surface area contributed by atoms with Crippen molar-refractivity contribution in [1.29, 1.82) is 0 Å². The largest absolute Gasteiger partial charge is 0.493 e. The van der Waals surface area contributed by atoms with Crippen LogP contribution in [0.3, 0.4) is 0 Å². The first-order chi connectivity index (χ1) is 14.6. The molecule has 2 unspecified atom stereocenters. The van der Waals surface area contributed by atoms with Crippen LogP contribution >= 0.6 is 0 Å². The molecule has 1 N–H and O–H groups in total. The fourth-order valence-electron chi connectivity index (χ4n) is 5.11. The van der Waals surface area contributed by atoms with Gasteiger partial charge in [-0.2, -0.15) is 0 Å². The molecule has 0 radical (unpaired) electrons. The summed E-state index contributed by atoms with van der Waals surface area (Å²) in [6.07, 6.45) is 7.02. The van der Waals surface area contributed by atoms with E-state index in [4.69, 9.17) is 9.47 Å². The van der Waals surface area contributed by atoms with Crippen molar-refractivity contribution in [2.24, 2.45) is 5.92 Å². The summed E-state index contributed by atoms with van der Waals surface area (Å²) in [5.74, 6) is 1.98. The maximum absolute atomic E-state index is 13.0. The van der Waals surface area contributed by atoms with E-state index < -0.39 is 0 Å². The highest BCUT2D eigenvalue weighted by Crippen LogP contribution is 2.46. The van der Waals surface area contributed by atoms with Crippen LogP contribution in [-0.4, -0.2) is 31.2 Å². The van der Waals surface area contributed by atoms with Gasteiger partial charge in [0.2, 0.25) is 0 Å². The molecule has 1 amide bonds. The van der Waals surface area contributed by atoms with Crippen molar-refractivity contribution in [2.75, 3.05) is 14.2 Å². The minimum Gasteiger partial charge on any atom is -0.493 e. The fraction of sp³-hybridized carbons (Fsp3) is 0.480. The molecule has 4 rings (SSSR count). The van der Waals surface area contributed by atoms with Gasteiger partial charge in [-0.3, -0.25) is 10.2 Å². The lowest BCUT2D eigenvalue weighted by Gasteiger charge is -2.46. The molecule has 1 aliphatic carbocycles. The number of carbonyl (C=O) groups excluding carboxylic acids is 1. The summed E-state index contributed by atoms with van der Waals surface area (Å²) in [7, 11) is 3.36. The zero-order chi connectivity index (χ0) is 21.1. The number of fused-ring (bicyclic) bond motifs is 1. The lowest BCUT2D eigenvalue weighted by Crippen LogP contribution is -2.54. The van der Waals surface area contributed by atoms with Gasteiger partial charge in [-0.05, 0) is 67.5 Å². The van der Waals surface area contributed by atoms with Gasteiger partial charge in [-0.25, -0.2) is 5.01 Å². The summed E-state index contributed by atoms with van der Waals surface area (Å²) in [6, 6.07) is 14.0. The van der Waals surface area contributed by atoms with Crippen molar-refractivity contribution in [3.05, 3.63) is 59.2 Å². The summed E-state index contributed by atoms with van der Waals surface area (Å²) in [6.45, 7) is 2.20. The Kier molecular flexibility index (Phi) is 6.28. The van der Waals surface area contributed by atoms with Crippen molar-refractivity contribution in [3.8, 4) is 11.5 Å². The third-order valence-corrected chi connectivity index (χ3v) is 6.62. The molecule has 5 nitrogen and oxygen atoms in total. The Hall–Kier alpha value is -2.53. The summed E-state index contributed by atoms with van der Waals surface area (Å²) in [4.78, 5) is 13.0. The number of hydrogen-bond donors (Lipinski definition) is 1. The van der Waals surface area contributed by atoms with E-state index in [1.165, 1.54) is 43.2 Å². The van der Waals surface area contributed by atoms with Crippen LogP contribution in [0.2, 0.25) is 0 Å². The molecular weight excluding hydrogens is 376 g/mol. The smallest absolute Gasteiger partial charge is 0.265 e. The highest BCUT2D eigenvalue weighted by Gasteiger charge is 2.39. The number of ether oxygens (including phenoxy) is 2. The lowest BCUT2D eigenvalue weighted by atomic mass is 9.76. The van der Waals surface area contributed by atoms with E-state index in [1.807, 2.05) is 30.3 Å². The Morgan fingerprint density at radius 1 is 1.00 bits per heavy atom. The van der Waals surface area contributed by atoms with E-state index in [1.54, 1.807) is 14.2 Å². The number of rotatable bonds is 5. The molecule has 30 heavy (non-hydrogen) atoms. The molecular formula is C25H32N2O3. The van der Waals surface area contributed by atoms with Gasteiger partial charge in [0, 0.05) is 11.6 Å². The van der Waals surface area contributed by atoms with Crippen LogP contribution in [0, 0.1) is 5.92 Å². The average molecular weight is 409 g/mol. The number of carbonyl (C=O) groups is 1. The minimum atomic E-state index is -0.0489. The predicted octanol–water partition coefficient (Wildman–Crippen LogP) is 4.92. The highest BCUT2D eigenvalue weighted by molar-refractivity contribution is 5.93. The Balaban J connectivity index is 1.72. The molecule has 0 spiro atoms. The molecule has 1 heterocycles. The van der Waals surface area contributed by atoms with Crippen LogP contribution in [0.25, 0.3) is 0 Å². The first-order valence-corrected chi connectivity index (χ1v) is 11.0. The van der Waals surface area contributed by atoms with Gasteiger partial charge in [-0.1, -0.05) is 37.5 Å². The second-order valence-electron chi connectivity index (χ2n) is 8.52. The molecule has 0 bridgehead atoms.